The Bertz CT molecular complexity index is 313. The summed E-state index contributed by atoms with van der Waals surface area (Å²) in [5.74, 6) is -0.757. The molecule has 0 heterocycles. The molecule has 0 aliphatic heterocycles. The molecule has 0 spiro atoms. The van der Waals surface area contributed by atoms with Gasteiger partial charge in [-0.05, 0) is 19.8 Å². The average molecular weight is 256 g/mol. The molecule has 0 rings (SSSR count). The lowest BCUT2D eigenvalue weighted by atomic mass is 10.2. The van der Waals surface area contributed by atoms with Crippen LogP contribution in [-0.4, -0.2) is 53.1 Å². The van der Waals surface area contributed by atoms with Gasteiger partial charge in [-0.15, -0.1) is 0 Å². The standard InChI is InChI=1S/C13H24N2O3/c1-6-14(7-10(2)3)13(18)15(8-11(4)5)9-12(16)17/h11H,2,6-9H2,1,3-5H3,(H,16,17). The molecule has 0 atom stereocenters. The van der Waals surface area contributed by atoms with Gasteiger partial charge in [0.2, 0.25) is 0 Å². The van der Waals surface area contributed by atoms with Crippen molar-refractivity contribution in [2.75, 3.05) is 26.2 Å². The van der Waals surface area contributed by atoms with E-state index in [4.69, 9.17) is 5.11 Å². The highest BCUT2D eigenvalue weighted by molar-refractivity contribution is 5.80. The normalized spacial score (nSPS) is 10.3. The van der Waals surface area contributed by atoms with Gasteiger partial charge in [-0.3, -0.25) is 4.79 Å². The minimum absolute atomic E-state index is 0.233. The molecule has 0 saturated carbocycles. The summed E-state index contributed by atoms with van der Waals surface area (Å²) in [5.41, 5.74) is 0.880. The van der Waals surface area contributed by atoms with E-state index in [0.29, 0.717) is 19.6 Å². The van der Waals surface area contributed by atoms with E-state index < -0.39 is 5.97 Å². The summed E-state index contributed by atoms with van der Waals surface area (Å²) < 4.78 is 0. The van der Waals surface area contributed by atoms with Gasteiger partial charge in [-0.2, -0.15) is 0 Å². The van der Waals surface area contributed by atoms with Gasteiger partial charge in [-0.25, -0.2) is 4.79 Å². The number of likely N-dealkylation sites (N-methyl/N-ethyl adjacent to an activating group) is 1. The second kappa shape index (κ2) is 7.74. The first-order chi connectivity index (χ1) is 8.27. The Labute approximate surface area is 109 Å². The van der Waals surface area contributed by atoms with Crippen LogP contribution in [0.4, 0.5) is 4.79 Å². The lowest BCUT2D eigenvalue weighted by Gasteiger charge is -2.30. The van der Waals surface area contributed by atoms with E-state index in [1.807, 2.05) is 27.7 Å². The van der Waals surface area contributed by atoms with Gasteiger partial charge in [0.25, 0.3) is 0 Å². The van der Waals surface area contributed by atoms with Crippen LogP contribution in [0.2, 0.25) is 0 Å². The van der Waals surface area contributed by atoms with Crippen LogP contribution in [0, 0.1) is 5.92 Å². The van der Waals surface area contributed by atoms with Crippen molar-refractivity contribution >= 4 is 12.0 Å². The molecule has 0 aromatic carbocycles. The Kier molecular flexibility index (Phi) is 7.08. The maximum Gasteiger partial charge on any atom is 0.323 e. The molecule has 0 unspecified atom stereocenters. The first-order valence-electron chi connectivity index (χ1n) is 6.17. The van der Waals surface area contributed by atoms with Crippen LogP contribution in [0.15, 0.2) is 12.2 Å². The Morgan fingerprint density at radius 2 is 1.78 bits per heavy atom. The van der Waals surface area contributed by atoms with Crippen molar-refractivity contribution in [3.05, 3.63) is 12.2 Å². The molecule has 0 aromatic rings. The highest BCUT2D eigenvalue weighted by Crippen LogP contribution is 2.06. The predicted molar refractivity (Wildman–Crippen MR) is 71.5 cm³/mol. The van der Waals surface area contributed by atoms with Crippen LogP contribution in [0.25, 0.3) is 0 Å². The molecular weight excluding hydrogens is 232 g/mol. The van der Waals surface area contributed by atoms with Crippen LogP contribution in [0.5, 0.6) is 0 Å². The second-order valence-electron chi connectivity index (χ2n) is 4.92. The fourth-order valence-electron chi connectivity index (χ4n) is 1.65. The fourth-order valence-corrected chi connectivity index (χ4v) is 1.65. The lowest BCUT2D eigenvalue weighted by molar-refractivity contribution is -0.137. The number of carbonyl (C=O) groups excluding carboxylic acids is 1. The molecule has 0 bridgehead atoms. The quantitative estimate of drug-likeness (QED) is 0.709. The van der Waals surface area contributed by atoms with Gasteiger partial charge in [0, 0.05) is 19.6 Å². The van der Waals surface area contributed by atoms with Gasteiger partial charge in [0.05, 0.1) is 0 Å². The number of carboxylic acid groups (broad SMARTS) is 1. The summed E-state index contributed by atoms with van der Waals surface area (Å²) >= 11 is 0. The Balaban J connectivity index is 4.78. The van der Waals surface area contributed by atoms with Crippen LogP contribution in [0.1, 0.15) is 27.7 Å². The number of hydrogen-bond donors (Lipinski definition) is 1. The van der Waals surface area contributed by atoms with Gasteiger partial charge in [-0.1, -0.05) is 26.0 Å². The minimum Gasteiger partial charge on any atom is -0.480 e. The first kappa shape index (κ1) is 16.5. The zero-order valence-electron chi connectivity index (χ0n) is 11.8. The van der Waals surface area contributed by atoms with E-state index in [9.17, 15) is 9.59 Å². The van der Waals surface area contributed by atoms with Crippen molar-refractivity contribution in [3.63, 3.8) is 0 Å². The highest BCUT2D eigenvalue weighted by atomic mass is 16.4. The molecule has 0 aliphatic carbocycles. The third kappa shape index (κ3) is 6.27. The molecule has 18 heavy (non-hydrogen) atoms. The van der Waals surface area contributed by atoms with Gasteiger partial charge in [0.1, 0.15) is 6.54 Å². The monoisotopic (exact) mass is 256 g/mol. The van der Waals surface area contributed by atoms with Crippen molar-refractivity contribution in [2.24, 2.45) is 5.92 Å². The molecule has 0 aliphatic rings. The Hall–Kier alpha value is -1.52. The number of amides is 2. The van der Waals surface area contributed by atoms with E-state index in [-0.39, 0.29) is 18.5 Å². The van der Waals surface area contributed by atoms with E-state index >= 15 is 0 Å². The van der Waals surface area contributed by atoms with Crippen LogP contribution in [-0.2, 0) is 4.79 Å². The van der Waals surface area contributed by atoms with Crippen molar-refractivity contribution in [1.29, 1.82) is 0 Å². The summed E-state index contributed by atoms with van der Waals surface area (Å²) in [5, 5.41) is 8.85. The number of hydrogen-bond acceptors (Lipinski definition) is 2. The third-order valence-electron chi connectivity index (χ3n) is 2.30. The number of urea groups is 1. The Morgan fingerprint density at radius 1 is 1.22 bits per heavy atom. The lowest BCUT2D eigenvalue weighted by Crippen LogP contribution is -2.47. The van der Waals surface area contributed by atoms with E-state index in [0.717, 1.165) is 5.57 Å². The molecule has 5 heteroatoms. The van der Waals surface area contributed by atoms with Crippen LogP contribution < -0.4 is 0 Å². The fraction of sp³-hybridized carbons (Fsp3) is 0.692. The van der Waals surface area contributed by atoms with Crippen molar-refractivity contribution in [3.8, 4) is 0 Å². The van der Waals surface area contributed by atoms with Crippen LogP contribution in [0.3, 0.4) is 0 Å². The maximum absolute atomic E-state index is 12.2. The number of aliphatic carboxylic acids is 1. The third-order valence-corrected chi connectivity index (χ3v) is 2.30. The molecule has 0 fully saturated rings. The minimum atomic E-state index is -0.990. The molecule has 104 valence electrons. The smallest absolute Gasteiger partial charge is 0.323 e. The average Bonchev–Trinajstić information content (AvgIpc) is 2.22. The van der Waals surface area contributed by atoms with Crippen molar-refractivity contribution in [2.45, 2.75) is 27.7 Å². The molecule has 0 aromatic heterocycles. The molecule has 1 N–H and O–H groups in total. The SMILES string of the molecule is C=C(C)CN(CC)C(=O)N(CC(=O)O)CC(C)C. The van der Waals surface area contributed by atoms with E-state index in [1.165, 1.54) is 4.90 Å². The molecule has 5 nitrogen and oxygen atoms in total. The number of nitrogens with zero attached hydrogens (tertiary/aromatic N) is 2. The summed E-state index contributed by atoms with van der Waals surface area (Å²) in [7, 11) is 0. The molecular formula is C13H24N2O3. The van der Waals surface area contributed by atoms with Gasteiger partial charge >= 0.3 is 12.0 Å². The van der Waals surface area contributed by atoms with Crippen molar-refractivity contribution < 1.29 is 14.7 Å². The molecule has 0 radical (unpaired) electrons. The summed E-state index contributed by atoms with van der Waals surface area (Å²) in [6, 6.07) is -0.239. The van der Waals surface area contributed by atoms with Crippen LogP contribution >= 0.6 is 0 Å². The zero-order chi connectivity index (χ0) is 14.3. The first-order valence-corrected chi connectivity index (χ1v) is 6.17. The van der Waals surface area contributed by atoms with Gasteiger partial charge < -0.3 is 14.9 Å². The maximum atomic E-state index is 12.2. The largest absolute Gasteiger partial charge is 0.480 e. The number of carbonyl (C=O) groups is 2. The summed E-state index contributed by atoms with van der Waals surface area (Å²) in [4.78, 5) is 26.0. The second-order valence-corrected chi connectivity index (χ2v) is 4.92. The molecule has 2 amide bonds. The predicted octanol–water partition coefficient (Wildman–Crippen LogP) is 2.05. The summed E-state index contributed by atoms with van der Waals surface area (Å²) in [6.07, 6.45) is 0. The van der Waals surface area contributed by atoms with E-state index in [2.05, 4.69) is 6.58 Å². The highest BCUT2D eigenvalue weighted by Gasteiger charge is 2.22. The van der Waals surface area contributed by atoms with Gasteiger partial charge in [0.15, 0.2) is 0 Å². The summed E-state index contributed by atoms with van der Waals surface area (Å²) in [6.45, 7) is 12.6. The Morgan fingerprint density at radius 3 is 2.11 bits per heavy atom. The topological polar surface area (TPSA) is 60.9 Å². The number of rotatable bonds is 7. The van der Waals surface area contributed by atoms with Crippen molar-refractivity contribution in [1.82, 2.24) is 9.80 Å². The zero-order valence-corrected chi connectivity index (χ0v) is 11.8. The molecule has 0 saturated heterocycles. The van der Waals surface area contributed by atoms with E-state index in [1.54, 1.807) is 4.90 Å². The number of carboxylic acids is 1.